The van der Waals surface area contributed by atoms with E-state index in [4.69, 9.17) is 9.47 Å². The van der Waals surface area contributed by atoms with E-state index in [0.717, 1.165) is 5.56 Å². The number of nitrogens with one attached hydrogen (secondary N) is 2. The summed E-state index contributed by atoms with van der Waals surface area (Å²) >= 11 is 0. The van der Waals surface area contributed by atoms with E-state index in [-0.39, 0.29) is 18.4 Å². The van der Waals surface area contributed by atoms with Crippen molar-refractivity contribution in [1.82, 2.24) is 15.3 Å². The second-order valence-electron chi connectivity index (χ2n) is 6.34. The number of aryl methyl sites for hydroxylation is 1. The molecule has 144 valence electrons. The van der Waals surface area contributed by atoms with Gasteiger partial charge in [-0.3, -0.25) is 4.79 Å². The quantitative estimate of drug-likeness (QED) is 0.692. The van der Waals surface area contributed by atoms with Crippen molar-refractivity contribution in [2.75, 3.05) is 12.1 Å². The zero-order valence-electron chi connectivity index (χ0n) is 15.6. The second-order valence-corrected chi connectivity index (χ2v) is 6.34. The maximum absolute atomic E-state index is 12.6. The monoisotopic (exact) mass is 387 g/mol. The molecule has 1 aromatic heterocycles. The van der Waals surface area contributed by atoms with E-state index in [1.54, 1.807) is 31.2 Å². The van der Waals surface area contributed by atoms with Gasteiger partial charge in [0.2, 0.25) is 6.79 Å². The molecule has 0 spiro atoms. The van der Waals surface area contributed by atoms with Crippen molar-refractivity contribution < 1.29 is 14.3 Å². The lowest BCUT2D eigenvalue weighted by Gasteiger charge is -2.10. The molecule has 0 saturated heterocycles. The Labute approximate surface area is 167 Å². The van der Waals surface area contributed by atoms with Gasteiger partial charge >= 0.3 is 0 Å². The predicted octanol–water partition coefficient (Wildman–Crippen LogP) is 3.06. The smallest absolute Gasteiger partial charge is 0.270 e. The molecule has 2 heterocycles. The maximum Gasteiger partial charge on any atom is 0.270 e. The number of carbonyl (C=O) groups is 1. The topological polar surface area (TPSA) is 109 Å². The average Bonchev–Trinajstić information content (AvgIpc) is 3.20. The zero-order chi connectivity index (χ0) is 20.2. The van der Waals surface area contributed by atoms with Crippen molar-refractivity contribution in [3.05, 3.63) is 71.2 Å². The fourth-order valence-corrected chi connectivity index (χ4v) is 2.90. The number of carbonyl (C=O) groups excluding carboxylic acids is 1. The number of para-hydroxylation sites is 1. The van der Waals surface area contributed by atoms with Gasteiger partial charge in [0.05, 0.1) is 11.3 Å². The summed E-state index contributed by atoms with van der Waals surface area (Å²) in [6, 6.07) is 16.3. The molecule has 1 aliphatic rings. The van der Waals surface area contributed by atoms with Crippen LogP contribution in [0, 0.1) is 18.3 Å². The molecule has 4 rings (SSSR count). The molecule has 0 bridgehead atoms. The van der Waals surface area contributed by atoms with Crippen LogP contribution in [-0.4, -0.2) is 22.7 Å². The number of ether oxygens (including phenoxy) is 2. The molecular formula is C21H17N5O3. The third-order valence-electron chi connectivity index (χ3n) is 4.27. The van der Waals surface area contributed by atoms with Crippen LogP contribution in [0.3, 0.4) is 0 Å². The van der Waals surface area contributed by atoms with Gasteiger partial charge in [-0.15, -0.1) is 0 Å². The summed E-state index contributed by atoms with van der Waals surface area (Å²) in [5.41, 5.74) is 2.21. The van der Waals surface area contributed by atoms with Gasteiger partial charge in [0.25, 0.3) is 5.91 Å². The first-order valence-corrected chi connectivity index (χ1v) is 8.91. The number of nitrogens with zero attached hydrogens (tertiary/aromatic N) is 3. The highest BCUT2D eigenvalue weighted by atomic mass is 16.7. The molecule has 8 nitrogen and oxygen atoms in total. The van der Waals surface area contributed by atoms with Crippen molar-refractivity contribution in [3.63, 3.8) is 0 Å². The van der Waals surface area contributed by atoms with Crippen LogP contribution in [-0.2, 0) is 6.54 Å². The van der Waals surface area contributed by atoms with Gasteiger partial charge in [0.15, 0.2) is 11.5 Å². The van der Waals surface area contributed by atoms with Crippen molar-refractivity contribution in [2.45, 2.75) is 13.5 Å². The molecular weight excluding hydrogens is 370 g/mol. The number of amides is 1. The minimum Gasteiger partial charge on any atom is -0.454 e. The highest BCUT2D eigenvalue weighted by Gasteiger charge is 2.15. The van der Waals surface area contributed by atoms with E-state index in [1.807, 2.05) is 24.3 Å². The van der Waals surface area contributed by atoms with Crippen molar-refractivity contribution in [2.24, 2.45) is 0 Å². The van der Waals surface area contributed by atoms with E-state index >= 15 is 0 Å². The van der Waals surface area contributed by atoms with Gasteiger partial charge in [-0.2, -0.15) is 5.26 Å². The number of nitriles is 1. The number of hydrogen-bond acceptors (Lipinski definition) is 7. The fourth-order valence-electron chi connectivity index (χ4n) is 2.90. The summed E-state index contributed by atoms with van der Waals surface area (Å²) < 4.78 is 10.6. The first-order valence-electron chi connectivity index (χ1n) is 8.91. The molecule has 0 atom stereocenters. The first-order chi connectivity index (χ1) is 14.1. The summed E-state index contributed by atoms with van der Waals surface area (Å²) in [5.74, 6) is 1.91. The van der Waals surface area contributed by atoms with Gasteiger partial charge in [-0.25, -0.2) is 9.97 Å². The van der Waals surface area contributed by atoms with Crippen LogP contribution in [0.1, 0.15) is 27.4 Å². The van der Waals surface area contributed by atoms with Gasteiger partial charge in [0.1, 0.15) is 23.4 Å². The number of benzene rings is 2. The van der Waals surface area contributed by atoms with Crippen LogP contribution < -0.4 is 20.1 Å². The number of hydrogen-bond donors (Lipinski definition) is 2. The Hall–Kier alpha value is -4.12. The van der Waals surface area contributed by atoms with Crippen LogP contribution in [0.25, 0.3) is 0 Å². The molecule has 0 radical (unpaired) electrons. The zero-order valence-corrected chi connectivity index (χ0v) is 15.6. The van der Waals surface area contributed by atoms with Crippen molar-refractivity contribution >= 4 is 17.4 Å². The molecule has 0 aliphatic carbocycles. The first kappa shape index (κ1) is 18.3. The highest BCUT2D eigenvalue weighted by Crippen LogP contribution is 2.32. The number of fused-ring (bicyclic) bond motifs is 1. The van der Waals surface area contributed by atoms with Gasteiger partial charge in [-0.05, 0) is 36.8 Å². The van der Waals surface area contributed by atoms with Gasteiger partial charge < -0.3 is 20.1 Å². The summed E-state index contributed by atoms with van der Waals surface area (Å²) in [5, 5.41) is 15.1. The molecule has 0 saturated carbocycles. The van der Waals surface area contributed by atoms with E-state index in [0.29, 0.717) is 40.9 Å². The van der Waals surface area contributed by atoms with Crippen LogP contribution in [0.5, 0.6) is 11.5 Å². The minimum absolute atomic E-state index is 0.204. The Morgan fingerprint density at radius 3 is 2.83 bits per heavy atom. The SMILES string of the molecule is Cc1nc(Nc2ccccc2C#N)cc(C(=O)NCc2ccc3c(c2)OCO3)n1. The summed E-state index contributed by atoms with van der Waals surface area (Å²) in [4.78, 5) is 21.1. The van der Waals surface area contributed by atoms with Crippen LogP contribution in [0.15, 0.2) is 48.5 Å². The molecule has 0 fully saturated rings. The van der Waals surface area contributed by atoms with E-state index in [2.05, 4.69) is 26.7 Å². The van der Waals surface area contributed by atoms with Gasteiger partial charge in [-0.1, -0.05) is 18.2 Å². The minimum atomic E-state index is -0.329. The molecule has 2 N–H and O–H groups in total. The van der Waals surface area contributed by atoms with E-state index in [9.17, 15) is 10.1 Å². The second kappa shape index (κ2) is 7.86. The number of anilines is 2. The number of rotatable bonds is 5. The number of aromatic nitrogens is 2. The molecule has 2 aromatic carbocycles. The lowest BCUT2D eigenvalue weighted by atomic mass is 10.2. The summed E-state index contributed by atoms with van der Waals surface area (Å²) in [6.07, 6.45) is 0. The van der Waals surface area contributed by atoms with Crippen LogP contribution in [0.4, 0.5) is 11.5 Å². The molecule has 8 heteroatoms. The lowest BCUT2D eigenvalue weighted by molar-refractivity contribution is 0.0945. The Morgan fingerprint density at radius 1 is 1.14 bits per heavy atom. The average molecular weight is 387 g/mol. The Balaban J connectivity index is 1.48. The van der Waals surface area contributed by atoms with Crippen molar-refractivity contribution in [3.8, 4) is 17.6 Å². The predicted molar refractivity (Wildman–Crippen MR) is 105 cm³/mol. The Morgan fingerprint density at radius 2 is 1.97 bits per heavy atom. The Bertz CT molecular complexity index is 1120. The highest BCUT2D eigenvalue weighted by molar-refractivity contribution is 5.93. The Kier molecular flexibility index (Phi) is 4.95. The normalized spacial score (nSPS) is 11.6. The van der Waals surface area contributed by atoms with Crippen LogP contribution >= 0.6 is 0 Å². The third kappa shape index (κ3) is 4.09. The molecule has 1 amide bonds. The molecule has 29 heavy (non-hydrogen) atoms. The molecule has 3 aromatic rings. The molecule has 0 unspecified atom stereocenters. The molecule has 1 aliphatic heterocycles. The van der Waals surface area contributed by atoms with Crippen molar-refractivity contribution in [1.29, 1.82) is 5.26 Å². The van der Waals surface area contributed by atoms with Gasteiger partial charge in [0, 0.05) is 12.6 Å². The fraction of sp³-hybridized carbons (Fsp3) is 0.143. The van der Waals surface area contributed by atoms with E-state index < -0.39 is 0 Å². The largest absolute Gasteiger partial charge is 0.454 e. The third-order valence-corrected chi connectivity index (χ3v) is 4.27. The summed E-state index contributed by atoms with van der Waals surface area (Å²) in [7, 11) is 0. The standard InChI is InChI=1S/C21H17N5O3/c1-13-24-17(9-20(25-13)26-16-5-3-2-4-15(16)10-22)21(27)23-11-14-6-7-18-19(8-14)29-12-28-18/h2-9H,11-12H2,1H3,(H,23,27)(H,24,25,26). The van der Waals surface area contributed by atoms with Crippen LogP contribution in [0.2, 0.25) is 0 Å². The lowest BCUT2D eigenvalue weighted by Crippen LogP contribution is -2.24. The summed E-state index contributed by atoms with van der Waals surface area (Å²) in [6.45, 7) is 2.23. The van der Waals surface area contributed by atoms with E-state index in [1.165, 1.54) is 0 Å². The maximum atomic E-state index is 12.6.